The molecule has 0 saturated carbocycles. The Morgan fingerprint density at radius 2 is 2.14 bits per heavy atom. The Kier molecular flexibility index (Phi) is 3.58. The third-order valence-corrected chi connectivity index (χ3v) is 3.29. The zero-order chi connectivity index (χ0) is 15.7. The van der Waals surface area contributed by atoms with E-state index in [1.807, 2.05) is 26.1 Å². The van der Waals surface area contributed by atoms with Crippen LogP contribution in [0.1, 0.15) is 23.0 Å². The molecule has 2 heterocycles. The first-order valence-corrected chi connectivity index (χ1v) is 7.03. The van der Waals surface area contributed by atoms with Crippen LogP contribution < -0.4 is 0 Å². The van der Waals surface area contributed by atoms with Gasteiger partial charge in [-0.2, -0.15) is 5.10 Å². The van der Waals surface area contributed by atoms with Gasteiger partial charge in [0.25, 0.3) is 0 Å². The number of fused-ring (bicyclic) bond motifs is 1. The van der Waals surface area contributed by atoms with Gasteiger partial charge in [0, 0.05) is 23.7 Å². The third-order valence-electron chi connectivity index (χ3n) is 3.29. The molecule has 0 spiro atoms. The van der Waals surface area contributed by atoms with Gasteiger partial charge in [0.1, 0.15) is 6.33 Å². The summed E-state index contributed by atoms with van der Waals surface area (Å²) < 4.78 is 6.70. The highest BCUT2D eigenvalue weighted by Crippen LogP contribution is 2.27. The first-order valence-electron chi connectivity index (χ1n) is 7.03. The molecule has 0 amide bonds. The monoisotopic (exact) mass is 296 g/mol. The molecule has 0 bridgehead atoms. The molecule has 0 unspecified atom stereocenters. The van der Waals surface area contributed by atoms with Crippen molar-refractivity contribution in [2.24, 2.45) is 7.05 Å². The summed E-state index contributed by atoms with van der Waals surface area (Å²) in [6.45, 7) is 4.05. The highest BCUT2D eigenvalue weighted by atomic mass is 16.5. The minimum absolute atomic E-state index is 0.343. The number of rotatable bonds is 3. The van der Waals surface area contributed by atoms with Gasteiger partial charge < -0.3 is 4.74 Å². The van der Waals surface area contributed by atoms with Gasteiger partial charge in [-0.15, -0.1) is 0 Å². The minimum Gasteiger partial charge on any atom is -0.462 e. The van der Waals surface area contributed by atoms with Crippen LogP contribution in [-0.2, 0) is 11.8 Å². The van der Waals surface area contributed by atoms with Crippen molar-refractivity contribution in [2.75, 3.05) is 6.61 Å². The fourth-order valence-corrected chi connectivity index (χ4v) is 2.35. The molecule has 0 radical (unpaired) electrons. The first-order chi connectivity index (χ1) is 10.6. The van der Waals surface area contributed by atoms with Crippen LogP contribution in [0.4, 0.5) is 0 Å². The summed E-state index contributed by atoms with van der Waals surface area (Å²) in [5.41, 5.74) is 3.03. The molecule has 0 atom stereocenters. The maximum Gasteiger partial charge on any atom is 0.338 e. The predicted molar refractivity (Wildman–Crippen MR) is 82.4 cm³/mol. The first kappa shape index (κ1) is 14.2. The molecule has 3 rings (SSSR count). The number of aromatic nitrogens is 4. The van der Waals surface area contributed by atoms with E-state index in [1.54, 1.807) is 30.1 Å². The van der Waals surface area contributed by atoms with E-state index in [9.17, 15) is 4.79 Å². The summed E-state index contributed by atoms with van der Waals surface area (Å²) in [4.78, 5) is 20.7. The summed E-state index contributed by atoms with van der Waals surface area (Å²) in [6, 6.07) is 7.25. The van der Waals surface area contributed by atoms with Crippen LogP contribution in [0.3, 0.4) is 0 Å². The molecule has 0 aliphatic carbocycles. The van der Waals surface area contributed by atoms with Crippen LogP contribution in [0.25, 0.3) is 22.3 Å². The number of pyridine rings is 1. The number of nitrogens with zero attached hydrogens (tertiary/aromatic N) is 4. The van der Waals surface area contributed by atoms with Crippen LogP contribution in [0.2, 0.25) is 0 Å². The van der Waals surface area contributed by atoms with Crippen molar-refractivity contribution in [3.8, 4) is 11.4 Å². The van der Waals surface area contributed by atoms with E-state index in [-0.39, 0.29) is 5.97 Å². The van der Waals surface area contributed by atoms with Crippen molar-refractivity contribution in [2.45, 2.75) is 13.8 Å². The highest BCUT2D eigenvalue weighted by molar-refractivity contribution is 5.99. The predicted octanol–water partition coefficient (Wildman–Crippen LogP) is 2.52. The molecule has 112 valence electrons. The number of carbonyl (C=O) groups is 1. The smallest absolute Gasteiger partial charge is 0.338 e. The SMILES string of the molecule is CCOC(=O)c1ccc2nc(C)cc(-c3ncn(C)n3)c2c1. The number of esters is 1. The molecular weight excluding hydrogens is 280 g/mol. The topological polar surface area (TPSA) is 69.9 Å². The maximum absolute atomic E-state index is 11.9. The Morgan fingerprint density at radius 3 is 2.82 bits per heavy atom. The van der Waals surface area contributed by atoms with Gasteiger partial charge in [0.15, 0.2) is 5.82 Å². The standard InChI is InChI=1S/C16H16N4O2/c1-4-22-16(21)11-5-6-14-12(8-11)13(7-10(2)18-14)15-17-9-20(3)19-15/h5-9H,4H2,1-3H3. The Hall–Kier alpha value is -2.76. The average Bonchev–Trinajstić information content (AvgIpc) is 2.92. The summed E-state index contributed by atoms with van der Waals surface area (Å²) >= 11 is 0. The van der Waals surface area contributed by atoms with E-state index >= 15 is 0 Å². The number of aryl methyl sites for hydroxylation is 2. The number of hydrogen-bond acceptors (Lipinski definition) is 5. The lowest BCUT2D eigenvalue weighted by molar-refractivity contribution is 0.0526. The van der Waals surface area contributed by atoms with Crippen LogP contribution >= 0.6 is 0 Å². The fraction of sp³-hybridized carbons (Fsp3) is 0.250. The molecule has 3 aromatic rings. The van der Waals surface area contributed by atoms with Gasteiger partial charge in [-0.1, -0.05) is 0 Å². The lowest BCUT2D eigenvalue weighted by Gasteiger charge is -2.07. The minimum atomic E-state index is -0.343. The van der Waals surface area contributed by atoms with Crippen LogP contribution in [0.15, 0.2) is 30.6 Å². The second-order valence-corrected chi connectivity index (χ2v) is 5.01. The summed E-state index contributed by atoms with van der Waals surface area (Å²) in [5.74, 6) is 0.268. The summed E-state index contributed by atoms with van der Waals surface area (Å²) in [5, 5.41) is 5.18. The highest BCUT2D eigenvalue weighted by Gasteiger charge is 2.13. The largest absolute Gasteiger partial charge is 0.462 e. The second-order valence-electron chi connectivity index (χ2n) is 5.01. The zero-order valence-electron chi connectivity index (χ0n) is 12.7. The second kappa shape index (κ2) is 5.55. The van der Waals surface area contributed by atoms with Crippen LogP contribution in [0, 0.1) is 6.92 Å². The maximum atomic E-state index is 11.9. The Balaban J connectivity index is 2.21. The van der Waals surface area contributed by atoms with Crippen LogP contribution in [0.5, 0.6) is 0 Å². The van der Waals surface area contributed by atoms with Crippen molar-refractivity contribution < 1.29 is 9.53 Å². The molecule has 0 N–H and O–H groups in total. The molecule has 6 heteroatoms. The molecule has 0 aliphatic heterocycles. The summed E-state index contributed by atoms with van der Waals surface area (Å²) in [6.07, 6.45) is 1.64. The van der Waals surface area contributed by atoms with E-state index < -0.39 is 0 Å². The molecule has 6 nitrogen and oxygen atoms in total. The average molecular weight is 296 g/mol. The molecule has 0 fully saturated rings. The Labute approximate surface area is 127 Å². The fourth-order valence-electron chi connectivity index (χ4n) is 2.35. The number of ether oxygens (including phenoxy) is 1. The molecule has 1 aromatic carbocycles. The normalized spacial score (nSPS) is 10.9. The van der Waals surface area contributed by atoms with Crippen molar-refractivity contribution in [1.82, 2.24) is 19.7 Å². The van der Waals surface area contributed by atoms with Crippen molar-refractivity contribution in [3.63, 3.8) is 0 Å². The van der Waals surface area contributed by atoms with E-state index in [0.717, 1.165) is 22.2 Å². The molecule has 2 aromatic heterocycles. The molecule has 22 heavy (non-hydrogen) atoms. The Bertz CT molecular complexity index is 854. The Morgan fingerprint density at radius 1 is 1.32 bits per heavy atom. The van der Waals surface area contributed by atoms with Crippen molar-refractivity contribution in [1.29, 1.82) is 0 Å². The van der Waals surface area contributed by atoms with E-state index in [0.29, 0.717) is 18.0 Å². The summed E-state index contributed by atoms with van der Waals surface area (Å²) in [7, 11) is 1.82. The van der Waals surface area contributed by atoms with Crippen LogP contribution in [-0.4, -0.2) is 32.3 Å². The zero-order valence-corrected chi connectivity index (χ0v) is 12.7. The van der Waals surface area contributed by atoms with Gasteiger partial charge in [-0.3, -0.25) is 9.67 Å². The van der Waals surface area contributed by atoms with E-state index in [4.69, 9.17) is 4.74 Å². The lowest BCUT2D eigenvalue weighted by atomic mass is 10.0. The van der Waals surface area contributed by atoms with Crippen molar-refractivity contribution in [3.05, 3.63) is 41.9 Å². The van der Waals surface area contributed by atoms with Crippen molar-refractivity contribution >= 4 is 16.9 Å². The van der Waals surface area contributed by atoms with Gasteiger partial charge in [0.2, 0.25) is 0 Å². The quantitative estimate of drug-likeness (QED) is 0.695. The van der Waals surface area contributed by atoms with Gasteiger partial charge in [0.05, 0.1) is 17.7 Å². The number of hydrogen-bond donors (Lipinski definition) is 0. The number of carbonyl (C=O) groups excluding carboxylic acids is 1. The molecule has 0 saturated heterocycles. The van der Waals surface area contributed by atoms with E-state index in [1.165, 1.54) is 0 Å². The van der Waals surface area contributed by atoms with Gasteiger partial charge in [-0.05, 0) is 38.1 Å². The third kappa shape index (κ3) is 2.55. The van der Waals surface area contributed by atoms with Gasteiger partial charge >= 0.3 is 5.97 Å². The lowest BCUT2D eigenvalue weighted by Crippen LogP contribution is -2.04. The van der Waals surface area contributed by atoms with Gasteiger partial charge in [-0.25, -0.2) is 9.78 Å². The molecule has 0 aliphatic rings. The number of benzene rings is 1. The molecular formula is C16H16N4O2. The van der Waals surface area contributed by atoms with E-state index in [2.05, 4.69) is 15.1 Å².